The highest BCUT2D eigenvalue weighted by atomic mass is 19.4. The van der Waals surface area contributed by atoms with Crippen molar-refractivity contribution in [2.45, 2.75) is 52.3 Å². The second-order valence-corrected chi connectivity index (χ2v) is 10.4. The Balaban J connectivity index is 1.43. The average Bonchev–Trinajstić information content (AvgIpc) is 3.00. The van der Waals surface area contributed by atoms with Gasteiger partial charge in [0.25, 0.3) is 5.91 Å². The molecule has 1 saturated heterocycles. The molecule has 2 heterocycles. The van der Waals surface area contributed by atoms with E-state index in [1.807, 2.05) is 4.90 Å². The maximum atomic E-state index is 13.0. The van der Waals surface area contributed by atoms with Gasteiger partial charge in [-0.15, -0.1) is 0 Å². The number of nitrogens with zero attached hydrogens (tertiary/aromatic N) is 2. The van der Waals surface area contributed by atoms with E-state index < -0.39 is 24.3 Å². The van der Waals surface area contributed by atoms with Crippen LogP contribution in [-0.2, 0) is 15.7 Å². The highest BCUT2D eigenvalue weighted by Crippen LogP contribution is 2.52. The van der Waals surface area contributed by atoms with Crippen LogP contribution >= 0.6 is 0 Å². The molecule has 1 aliphatic carbocycles. The van der Waals surface area contributed by atoms with Crippen LogP contribution in [0.4, 0.5) is 24.7 Å². The molecule has 182 valence electrons. The van der Waals surface area contributed by atoms with E-state index >= 15 is 0 Å². The van der Waals surface area contributed by atoms with Crippen LogP contribution in [0, 0.1) is 10.8 Å². The van der Waals surface area contributed by atoms with Crippen LogP contribution in [0.1, 0.15) is 56.0 Å². The summed E-state index contributed by atoms with van der Waals surface area (Å²) in [6.07, 6.45) is -0.186. The van der Waals surface area contributed by atoms with Gasteiger partial charge in [0.05, 0.1) is 5.56 Å². The number of esters is 1. The first-order chi connectivity index (χ1) is 15.9. The maximum absolute atomic E-state index is 13.0. The Hall–Kier alpha value is -3.10. The number of alkyl halides is 3. The predicted molar refractivity (Wildman–Crippen MR) is 120 cm³/mol. The zero-order valence-corrected chi connectivity index (χ0v) is 19.4. The Bertz CT molecular complexity index is 1100. The number of hydrogen-bond donors (Lipinski definition) is 1. The predicted octanol–water partition coefficient (Wildman–Crippen LogP) is 5.43. The number of likely N-dealkylation sites (tertiary alicyclic amines) is 1. The Morgan fingerprint density at radius 3 is 2.68 bits per heavy atom. The quantitative estimate of drug-likeness (QED) is 0.584. The van der Waals surface area contributed by atoms with Crippen molar-refractivity contribution in [3.63, 3.8) is 0 Å². The van der Waals surface area contributed by atoms with E-state index in [1.165, 1.54) is 30.5 Å². The lowest BCUT2D eigenvalue weighted by molar-refractivity contribution is -0.137. The highest BCUT2D eigenvalue weighted by Gasteiger charge is 2.51. The fourth-order valence-electron chi connectivity index (χ4n) is 5.62. The van der Waals surface area contributed by atoms with Crippen LogP contribution in [0.15, 0.2) is 42.6 Å². The second-order valence-electron chi connectivity index (χ2n) is 10.4. The summed E-state index contributed by atoms with van der Waals surface area (Å²) >= 11 is 0. The molecular formula is C25H28F3N3O3. The summed E-state index contributed by atoms with van der Waals surface area (Å²) in [5, 5.41) is 2.75. The van der Waals surface area contributed by atoms with Gasteiger partial charge in [0, 0.05) is 24.5 Å². The smallest absolute Gasteiger partial charge is 0.416 e. The molecule has 1 amide bonds. The topological polar surface area (TPSA) is 71.5 Å². The first-order valence-corrected chi connectivity index (χ1v) is 11.2. The molecule has 2 unspecified atom stereocenters. The molecule has 1 N–H and O–H groups in total. The number of amides is 1. The first-order valence-electron chi connectivity index (χ1n) is 11.2. The number of fused-ring (bicyclic) bond motifs is 2. The summed E-state index contributed by atoms with van der Waals surface area (Å²) in [4.78, 5) is 31.5. The van der Waals surface area contributed by atoms with Gasteiger partial charge >= 0.3 is 12.1 Å². The van der Waals surface area contributed by atoms with Gasteiger partial charge < -0.3 is 15.0 Å². The molecule has 1 saturated carbocycles. The lowest BCUT2D eigenvalue weighted by atomic mass is 9.65. The minimum atomic E-state index is -4.50. The number of anilines is 2. The Labute approximate surface area is 196 Å². The van der Waals surface area contributed by atoms with Gasteiger partial charge in [-0.3, -0.25) is 4.79 Å². The molecule has 2 aliphatic rings. The normalized spacial score (nSPS) is 23.5. The van der Waals surface area contributed by atoms with E-state index in [0.29, 0.717) is 6.54 Å². The van der Waals surface area contributed by atoms with Gasteiger partial charge in [-0.05, 0) is 60.4 Å². The molecular weight excluding hydrogens is 447 g/mol. The Morgan fingerprint density at radius 2 is 1.94 bits per heavy atom. The minimum absolute atomic E-state index is 0.0287. The molecule has 2 aromatic rings. The van der Waals surface area contributed by atoms with Gasteiger partial charge in [0.2, 0.25) is 0 Å². The fraction of sp³-hybridized carbons (Fsp3) is 0.480. The SMILES string of the molecule is CC1(C)CC2CC(C)(CN2C(=O)COC(=O)c2cccnc2Nc2cccc(C(F)(F)F)c2)C1. The van der Waals surface area contributed by atoms with Gasteiger partial charge in [-0.25, -0.2) is 9.78 Å². The van der Waals surface area contributed by atoms with Crippen LogP contribution in [0.25, 0.3) is 0 Å². The number of hydrogen-bond acceptors (Lipinski definition) is 5. The number of halogens is 3. The van der Waals surface area contributed by atoms with Crippen LogP contribution in [0.2, 0.25) is 0 Å². The van der Waals surface area contributed by atoms with Crippen molar-refractivity contribution in [3.05, 3.63) is 53.7 Å². The number of benzene rings is 1. The van der Waals surface area contributed by atoms with Crippen molar-refractivity contribution in [2.75, 3.05) is 18.5 Å². The van der Waals surface area contributed by atoms with E-state index in [-0.39, 0.29) is 39.8 Å². The number of ether oxygens (including phenoxy) is 1. The summed E-state index contributed by atoms with van der Waals surface area (Å²) in [6, 6.07) is 7.69. The summed E-state index contributed by atoms with van der Waals surface area (Å²) in [5.74, 6) is -0.966. The number of nitrogens with one attached hydrogen (secondary N) is 1. The fourth-order valence-corrected chi connectivity index (χ4v) is 5.62. The Kier molecular flexibility index (Phi) is 6.08. The van der Waals surface area contributed by atoms with E-state index in [4.69, 9.17) is 4.74 Å². The molecule has 9 heteroatoms. The minimum Gasteiger partial charge on any atom is -0.452 e. The average molecular weight is 476 g/mol. The number of rotatable bonds is 5. The van der Waals surface area contributed by atoms with Crippen molar-refractivity contribution in [3.8, 4) is 0 Å². The maximum Gasteiger partial charge on any atom is 0.416 e. The van der Waals surface area contributed by atoms with Crippen LogP contribution in [0.3, 0.4) is 0 Å². The summed E-state index contributed by atoms with van der Waals surface area (Å²) in [7, 11) is 0. The van der Waals surface area contributed by atoms with Crippen LogP contribution < -0.4 is 5.32 Å². The number of carbonyl (C=O) groups excluding carboxylic acids is 2. The standard InChI is InChI=1S/C25H28F3N3O3/c1-23(2)11-18-12-24(3,14-23)15-31(18)20(32)13-34-22(33)19-8-5-9-29-21(19)30-17-7-4-6-16(10-17)25(26,27)28/h4-10,18H,11-15H2,1-3H3,(H,29,30). The molecule has 4 rings (SSSR count). The third-order valence-corrected chi connectivity index (χ3v) is 6.54. The molecule has 1 aromatic carbocycles. The van der Waals surface area contributed by atoms with Gasteiger partial charge in [-0.1, -0.05) is 26.8 Å². The van der Waals surface area contributed by atoms with Crippen molar-refractivity contribution in [1.29, 1.82) is 0 Å². The van der Waals surface area contributed by atoms with E-state index in [9.17, 15) is 22.8 Å². The van der Waals surface area contributed by atoms with Crippen molar-refractivity contribution < 1.29 is 27.5 Å². The number of aromatic nitrogens is 1. The molecule has 1 aromatic heterocycles. The second kappa shape index (κ2) is 8.60. The summed E-state index contributed by atoms with van der Waals surface area (Å²) in [6.45, 7) is 6.87. The number of pyridine rings is 1. The monoisotopic (exact) mass is 475 g/mol. The molecule has 6 nitrogen and oxygen atoms in total. The van der Waals surface area contributed by atoms with Gasteiger partial charge in [0.15, 0.2) is 6.61 Å². The van der Waals surface area contributed by atoms with Crippen molar-refractivity contribution in [1.82, 2.24) is 9.88 Å². The first kappa shape index (κ1) is 24.0. The van der Waals surface area contributed by atoms with Crippen LogP contribution in [-0.4, -0.2) is 41.0 Å². The third-order valence-electron chi connectivity index (χ3n) is 6.54. The molecule has 2 fully saturated rings. The van der Waals surface area contributed by atoms with E-state index in [2.05, 4.69) is 31.1 Å². The molecule has 2 atom stereocenters. The number of carbonyl (C=O) groups is 2. The highest BCUT2D eigenvalue weighted by molar-refractivity contribution is 5.96. The van der Waals surface area contributed by atoms with Gasteiger partial charge in [0.1, 0.15) is 11.4 Å². The third kappa shape index (κ3) is 5.18. The van der Waals surface area contributed by atoms with E-state index in [1.54, 1.807) is 0 Å². The zero-order chi connectivity index (χ0) is 24.7. The molecule has 0 spiro atoms. The molecule has 34 heavy (non-hydrogen) atoms. The molecule has 2 bridgehead atoms. The van der Waals surface area contributed by atoms with Crippen LogP contribution in [0.5, 0.6) is 0 Å². The van der Waals surface area contributed by atoms with E-state index in [0.717, 1.165) is 31.4 Å². The van der Waals surface area contributed by atoms with Gasteiger partial charge in [-0.2, -0.15) is 13.2 Å². The lowest BCUT2D eigenvalue weighted by Crippen LogP contribution is -2.39. The zero-order valence-electron chi connectivity index (χ0n) is 19.4. The summed E-state index contributed by atoms with van der Waals surface area (Å²) < 4.78 is 44.3. The van der Waals surface area contributed by atoms with Crippen molar-refractivity contribution in [2.24, 2.45) is 10.8 Å². The summed E-state index contributed by atoms with van der Waals surface area (Å²) in [5.41, 5.74) is -0.448. The molecule has 0 radical (unpaired) electrons. The van der Waals surface area contributed by atoms with Crippen molar-refractivity contribution >= 4 is 23.4 Å². The lowest BCUT2D eigenvalue weighted by Gasteiger charge is -2.39. The largest absolute Gasteiger partial charge is 0.452 e. The molecule has 1 aliphatic heterocycles. The Morgan fingerprint density at radius 1 is 1.18 bits per heavy atom.